The second-order valence-corrected chi connectivity index (χ2v) is 6.78. The summed E-state index contributed by atoms with van der Waals surface area (Å²) >= 11 is 5.94. The van der Waals surface area contributed by atoms with Gasteiger partial charge in [0.25, 0.3) is 0 Å². The first kappa shape index (κ1) is 14.3. The highest BCUT2D eigenvalue weighted by molar-refractivity contribution is 7.88. The summed E-state index contributed by atoms with van der Waals surface area (Å²) < 4.78 is 25.6. The van der Waals surface area contributed by atoms with E-state index in [0.717, 1.165) is 4.31 Å². The quantitative estimate of drug-likeness (QED) is 0.919. The van der Waals surface area contributed by atoms with Crippen molar-refractivity contribution >= 4 is 27.6 Å². The van der Waals surface area contributed by atoms with Gasteiger partial charge < -0.3 is 5.11 Å². The number of nitrogens with zero attached hydrogens (tertiary/aromatic N) is 1. The molecule has 0 aliphatic carbocycles. The molecule has 7 heteroatoms. The lowest BCUT2D eigenvalue weighted by molar-refractivity contribution is -0.140. The molecule has 1 aliphatic heterocycles. The summed E-state index contributed by atoms with van der Waals surface area (Å²) in [6.45, 7) is 0.254. The van der Waals surface area contributed by atoms with Gasteiger partial charge in [-0.25, -0.2) is 8.42 Å². The van der Waals surface area contributed by atoms with Crippen LogP contribution in [-0.2, 0) is 20.6 Å². The predicted octanol–water partition coefficient (Wildman–Crippen LogP) is 1.72. The molecule has 1 atom stereocenters. The highest BCUT2D eigenvalue weighted by Gasteiger charge is 2.38. The first-order valence-electron chi connectivity index (χ1n) is 5.87. The van der Waals surface area contributed by atoms with Crippen molar-refractivity contribution in [3.8, 4) is 0 Å². The second-order valence-electron chi connectivity index (χ2n) is 4.45. The van der Waals surface area contributed by atoms with Crippen LogP contribution in [0.5, 0.6) is 0 Å². The van der Waals surface area contributed by atoms with Gasteiger partial charge in [-0.3, -0.25) is 4.79 Å². The summed E-state index contributed by atoms with van der Waals surface area (Å²) in [6, 6.07) is 5.72. The summed E-state index contributed by atoms with van der Waals surface area (Å²) in [5.74, 6) is -1.36. The Balaban J connectivity index is 2.24. The van der Waals surface area contributed by atoms with Crippen molar-refractivity contribution in [1.82, 2.24) is 4.31 Å². The van der Waals surface area contributed by atoms with Gasteiger partial charge in [-0.2, -0.15) is 4.31 Å². The smallest absolute Gasteiger partial charge is 0.322 e. The largest absolute Gasteiger partial charge is 0.480 e. The maximum Gasteiger partial charge on any atom is 0.322 e. The molecule has 1 saturated heterocycles. The van der Waals surface area contributed by atoms with E-state index in [9.17, 15) is 13.2 Å². The molecule has 1 aliphatic rings. The van der Waals surface area contributed by atoms with Crippen molar-refractivity contribution in [2.75, 3.05) is 6.54 Å². The van der Waals surface area contributed by atoms with Gasteiger partial charge in [-0.1, -0.05) is 29.8 Å². The Kier molecular flexibility index (Phi) is 4.13. The number of hydrogen-bond acceptors (Lipinski definition) is 3. The van der Waals surface area contributed by atoms with Crippen molar-refractivity contribution in [3.05, 3.63) is 34.9 Å². The van der Waals surface area contributed by atoms with Crippen LogP contribution in [0, 0.1) is 0 Å². The highest BCUT2D eigenvalue weighted by Crippen LogP contribution is 2.25. The first-order valence-corrected chi connectivity index (χ1v) is 7.86. The molecule has 19 heavy (non-hydrogen) atoms. The normalized spacial score (nSPS) is 20.6. The van der Waals surface area contributed by atoms with Gasteiger partial charge in [-0.15, -0.1) is 0 Å². The average molecular weight is 304 g/mol. The number of carboxylic acids is 1. The van der Waals surface area contributed by atoms with Gasteiger partial charge in [0.1, 0.15) is 6.04 Å². The maximum atomic E-state index is 12.3. The van der Waals surface area contributed by atoms with Gasteiger partial charge in [0, 0.05) is 11.6 Å². The summed E-state index contributed by atoms with van der Waals surface area (Å²) in [5.41, 5.74) is 0.486. The monoisotopic (exact) mass is 303 g/mol. The zero-order valence-electron chi connectivity index (χ0n) is 10.1. The average Bonchev–Trinajstić information content (AvgIpc) is 2.82. The van der Waals surface area contributed by atoms with Crippen LogP contribution >= 0.6 is 11.6 Å². The second kappa shape index (κ2) is 5.48. The molecular formula is C12H14ClNO4S. The van der Waals surface area contributed by atoms with Crippen molar-refractivity contribution in [1.29, 1.82) is 0 Å². The summed E-state index contributed by atoms with van der Waals surface area (Å²) in [7, 11) is -3.66. The molecule has 5 nitrogen and oxygen atoms in total. The topological polar surface area (TPSA) is 74.7 Å². The van der Waals surface area contributed by atoms with Crippen LogP contribution in [-0.4, -0.2) is 36.4 Å². The molecule has 0 bridgehead atoms. The SMILES string of the molecule is O=C(O)C1CCCN1S(=O)(=O)Cc1ccccc1Cl. The molecule has 1 unspecified atom stereocenters. The molecule has 0 radical (unpaired) electrons. The first-order chi connectivity index (χ1) is 8.92. The van der Waals surface area contributed by atoms with E-state index in [2.05, 4.69) is 0 Å². The van der Waals surface area contributed by atoms with E-state index in [0.29, 0.717) is 23.4 Å². The lowest BCUT2D eigenvalue weighted by Gasteiger charge is -2.21. The number of aliphatic carboxylic acids is 1. The zero-order chi connectivity index (χ0) is 14.0. The number of carbonyl (C=O) groups is 1. The molecule has 0 saturated carbocycles. The minimum Gasteiger partial charge on any atom is -0.480 e. The minimum absolute atomic E-state index is 0.254. The van der Waals surface area contributed by atoms with Gasteiger partial charge in [0.05, 0.1) is 5.75 Å². The Bertz CT molecular complexity index is 587. The minimum atomic E-state index is -3.66. The van der Waals surface area contributed by atoms with E-state index < -0.39 is 22.0 Å². The lowest BCUT2D eigenvalue weighted by Crippen LogP contribution is -2.40. The fourth-order valence-corrected chi connectivity index (χ4v) is 4.30. The van der Waals surface area contributed by atoms with Gasteiger partial charge in [0.15, 0.2) is 0 Å². The molecule has 1 fully saturated rings. The summed E-state index contributed by atoms with van der Waals surface area (Å²) in [4.78, 5) is 11.0. The van der Waals surface area contributed by atoms with Crippen LogP contribution in [0.1, 0.15) is 18.4 Å². The van der Waals surface area contributed by atoms with Crippen LogP contribution in [0.25, 0.3) is 0 Å². The Morgan fingerprint density at radius 1 is 1.42 bits per heavy atom. The van der Waals surface area contributed by atoms with Crippen molar-refractivity contribution in [2.45, 2.75) is 24.6 Å². The molecule has 0 spiro atoms. The molecule has 0 amide bonds. The summed E-state index contributed by atoms with van der Waals surface area (Å²) in [5, 5.41) is 9.41. The molecule has 1 N–H and O–H groups in total. The van der Waals surface area contributed by atoms with E-state index in [4.69, 9.17) is 16.7 Å². The number of hydrogen-bond donors (Lipinski definition) is 1. The van der Waals surface area contributed by atoms with Crippen LogP contribution < -0.4 is 0 Å². The number of halogens is 1. The number of sulfonamides is 1. The summed E-state index contributed by atoms with van der Waals surface area (Å²) in [6.07, 6.45) is 0.926. The van der Waals surface area contributed by atoms with Crippen LogP contribution in [0.15, 0.2) is 24.3 Å². The Labute approximate surface area is 116 Å². The third-order valence-electron chi connectivity index (χ3n) is 3.14. The fourth-order valence-electron chi connectivity index (χ4n) is 2.21. The van der Waals surface area contributed by atoms with E-state index in [1.54, 1.807) is 24.3 Å². The zero-order valence-corrected chi connectivity index (χ0v) is 11.7. The van der Waals surface area contributed by atoms with Crippen molar-refractivity contribution in [3.63, 3.8) is 0 Å². The van der Waals surface area contributed by atoms with E-state index in [1.165, 1.54) is 0 Å². The molecule has 1 aromatic rings. The van der Waals surface area contributed by atoms with Crippen LogP contribution in [0.4, 0.5) is 0 Å². The lowest BCUT2D eigenvalue weighted by atomic mass is 10.2. The molecular weight excluding hydrogens is 290 g/mol. The van der Waals surface area contributed by atoms with Gasteiger partial charge in [0.2, 0.25) is 10.0 Å². The number of carboxylic acid groups (broad SMARTS) is 1. The Hall–Kier alpha value is -1.11. The number of benzene rings is 1. The van der Waals surface area contributed by atoms with E-state index >= 15 is 0 Å². The van der Waals surface area contributed by atoms with Gasteiger partial charge >= 0.3 is 5.97 Å². The van der Waals surface area contributed by atoms with Crippen LogP contribution in [0.3, 0.4) is 0 Å². The van der Waals surface area contributed by atoms with Crippen LogP contribution in [0.2, 0.25) is 5.02 Å². The van der Waals surface area contributed by atoms with Gasteiger partial charge in [-0.05, 0) is 24.5 Å². The molecule has 2 rings (SSSR count). The van der Waals surface area contributed by atoms with Crippen molar-refractivity contribution < 1.29 is 18.3 Å². The highest BCUT2D eigenvalue weighted by atomic mass is 35.5. The van der Waals surface area contributed by atoms with Crippen molar-refractivity contribution in [2.24, 2.45) is 0 Å². The Morgan fingerprint density at radius 2 is 2.11 bits per heavy atom. The third-order valence-corrected chi connectivity index (χ3v) is 5.34. The van der Waals surface area contributed by atoms with E-state index in [1.807, 2.05) is 0 Å². The fraction of sp³-hybridized carbons (Fsp3) is 0.417. The molecule has 0 aromatic heterocycles. The van der Waals surface area contributed by atoms with E-state index in [-0.39, 0.29) is 12.3 Å². The number of rotatable bonds is 4. The third kappa shape index (κ3) is 3.08. The predicted molar refractivity (Wildman–Crippen MR) is 71.4 cm³/mol. The maximum absolute atomic E-state index is 12.3. The molecule has 1 heterocycles. The molecule has 1 aromatic carbocycles. The molecule has 104 valence electrons. The standard InChI is InChI=1S/C12H14ClNO4S/c13-10-5-2-1-4-9(10)8-19(17,18)14-7-3-6-11(14)12(15)16/h1-2,4-5,11H,3,6-8H2,(H,15,16). The Morgan fingerprint density at radius 3 is 2.74 bits per heavy atom.